The van der Waals surface area contributed by atoms with E-state index >= 15 is 0 Å². The molecular weight excluding hydrogens is 460 g/mol. The molecular formula is C23H30N4O6S. The first-order valence-corrected chi connectivity index (χ1v) is 12.9. The van der Waals surface area contributed by atoms with Crippen molar-refractivity contribution in [2.24, 2.45) is 7.05 Å². The van der Waals surface area contributed by atoms with Gasteiger partial charge in [-0.25, -0.2) is 13.4 Å². The lowest BCUT2D eigenvalue weighted by Crippen LogP contribution is -2.52. The summed E-state index contributed by atoms with van der Waals surface area (Å²) in [6.07, 6.45) is 4.64. The molecule has 0 spiro atoms. The minimum atomic E-state index is -3.22. The van der Waals surface area contributed by atoms with Gasteiger partial charge in [0.2, 0.25) is 15.9 Å². The third-order valence-electron chi connectivity index (χ3n) is 6.04. The number of sulfonamides is 1. The highest BCUT2D eigenvalue weighted by molar-refractivity contribution is 7.88. The summed E-state index contributed by atoms with van der Waals surface area (Å²) in [7, 11) is 0.0998. The second-order valence-electron chi connectivity index (χ2n) is 8.58. The van der Waals surface area contributed by atoms with Gasteiger partial charge in [0, 0.05) is 63.9 Å². The molecule has 1 aliphatic rings. The smallest absolute Gasteiger partial charge is 0.261 e. The zero-order chi connectivity index (χ0) is 24.5. The molecule has 0 aliphatic carbocycles. The zero-order valence-corrected chi connectivity index (χ0v) is 20.7. The molecule has 1 fully saturated rings. The molecule has 0 N–H and O–H groups in total. The first kappa shape index (κ1) is 24.4. The van der Waals surface area contributed by atoms with Crippen molar-refractivity contribution in [3.8, 4) is 17.0 Å². The maximum Gasteiger partial charge on any atom is 0.261 e. The summed E-state index contributed by atoms with van der Waals surface area (Å²) >= 11 is 0. The van der Waals surface area contributed by atoms with E-state index in [4.69, 9.17) is 13.9 Å². The summed E-state index contributed by atoms with van der Waals surface area (Å²) in [6.45, 7) is 4.75. The number of hydrogen-bond donors (Lipinski definition) is 0. The molecule has 1 atom stereocenters. The zero-order valence-electron chi connectivity index (χ0n) is 19.9. The lowest BCUT2D eigenvalue weighted by molar-refractivity contribution is 0.115. The molecule has 3 aromatic rings. The van der Waals surface area contributed by atoms with Crippen LogP contribution >= 0.6 is 0 Å². The van der Waals surface area contributed by atoms with Crippen molar-refractivity contribution in [3.05, 3.63) is 46.7 Å². The van der Waals surface area contributed by atoms with Crippen molar-refractivity contribution >= 4 is 21.0 Å². The molecule has 1 saturated heterocycles. The Morgan fingerprint density at radius 3 is 2.74 bits per heavy atom. The fraction of sp³-hybridized carbons (Fsp3) is 0.478. The summed E-state index contributed by atoms with van der Waals surface area (Å²) in [5, 5.41) is 0.496. The van der Waals surface area contributed by atoms with Crippen LogP contribution in [-0.4, -0.2) is 79.4 Å². The standard InChI is InChI=1S/C23H30N4O6S/c1-16-13-27(34(4,29)30)8-7-26(16)14-18-12-19-22(33-18)20(15-25(2)23(19)28)17-5-6-24-21(11-17)32-10-9-31-3/h5-6,11-12,15-16H,7-10,13-14H2,1-4H3/t16-/m1/s1. The van der Waals surface area contributed by atoms with Gasteiger partial charge in [-0.15, -0.1) is 0 Å². The maximum atomic E-state index is 12.8. The first-order valence-electron chi connectivity index (χ1n) is 11.1. The summed E-state index contributed by atoms with van der Waals surface area (Å²) in [5.41, 5.74) is 1.94. The van der Waals surface area contributed by atoms with E-state index in [2.05, 4.69) is 9.88 Å². The van der Waals surface area contributed by atoms with E-state index in [-0.39, 0.29) is 11.6 Å². The van der Waals surface area contributed by atoms with Crippen LogP contribution < -0.4 is 10.3 Å². The Morgan fingerprint density at radius 2 is 2.03 bits per heavy atom. The van der Waals surface area contributed by atoms with Gasteiger partial charge in [-0.1, -0.05) is 0 Å². The molecule has 4 heterocycles. The number of aryl methyl sites for hydroxylation is 1. The fourth-order valence-corrected chi connectivity index (χ4v) is 5.07. The Labute approximate surface area is 198 Å². The van der Waals surface area contributed by atoms with Gasteiger partial charge < -0.3 is 18.5 Å². The second-order valence-corrected chi connectivity index (χ2v) is 10.6. The largest absolute Gasteiger partial charge is 0.475 e. The van der Waals surface area contributed by atoms with Crippen LogP contribution in [0.3, 0.4) is 0 Å². The number of piperazine rings is 1. The number of aromatic nitrogens is 2. The van der Waals surface area contributed by atoms with E-state index in [0.717, 1.165) is 11.1 Å². The van der Waals surface area contributed by atoms with E-state index in [1.54, 1.807) is 32.6 Å². The lowest BCUT2D eigenvalue weighted by atomic mass is 10.1. The predicted octanol–water partition coefficient (Wildman–Crippen LogP) is 1.68. The van der Waals surface area contributed by atoms with Gasteiger partial charge in [-0.2, -0.15) is 4.31 Å². The van der Waals surface area contributed by atoms with Gasteiger partial charge in [0.05, 0.1) is 24.8 Å². The van der Waals surface area contributed by atoms with Crippen LogP contribution in [0.25, 0.3) is 22.1 Å². The average Bonchev–Trinajstić information content (AvgIpc) is 3.21. The van der Waals surface area contributed by atoms with E-state index in [0.29, 0.717) is 62.0 Å². The molecule has 1 aliphatic heterocycles. The van der Waals surface area contributed by atoms with Crippen molar-refractivity contribution in [2.75, 3.05) is 46.2 Å². The highest BCUT2D eigenvalue weighted by Crippen LogP contribution is 2.31. The summed E-state index contributed by atoms with van der Waals surface area (Å²) in [4.78, 5) is 19.2. The molecule has 3 aromatic heterocycles. The molecule has 0 bridgehead atoms. The Balaban J connectivity index is 1.63. The maximum absolute atomic E-state index is 12.8. The molecule has 11 heteroatoms. The average molecular weight is 491 g/mol. The molecule has 0 amide bonds. The lowest BCUT2D eigenvalue weighted by Gasteiger charge is -2.38. The van der Waals surface area contributed by atoms with Crippen LogP contribution in [0.15, 0.2) is 39.8 Å². The van der Waals surface area contributed by atoms with Crippen molar-refractivity contribution in [1.29, 1.82) is 0 Å². The molecule has 0 saturated carbocycles. The van der Waals surface area contributed by atoms with Crippen LogP contribution in [0.4, 0.5) is 0 Å². The first-order chi connectivity index (χ1) is 16.2. The normalized spacial score (nSPS) is 17.9. The Kier molecular flexibility index (Phi) is 7.08. The van der Waals surface area contributed by atoms with Crippen molar-refractivity contribution in [1.82, 2.24) is 18.8 Å². The topological polar surface area (TPSA) is 107 Å². The van der Waals surface area contributed by atoms with Gasteiger partial charge in [0.1, 0.15) is 18.0 Å². The van der Waals surface area contributed by atoms with Crippen LogP contribution in [0.5, 0.6) is 5.88 Å². The summed E-state index contributed by atoms with van der Waals surface area (Å²) in [6, 6.07) is 5.46. The highest BCUT2D eigenvalue weighted by Gasteiger charge is 2.29. The van der Waals surface area contributed by atoms with Gasteiger partial charge in [-0.05, 0) is 24.6 Å². The molecule has 0 aromatic carbocycles. The van der Waals surface area contributed by atoms with Gasteiger partial charge in [0.15, 0.2) is 0 Å². The van der Waals surface area contributed by atoms with Crippen molar-refractivity contribution in [3.63, 3.8) is 0 Å². The Hall–Kier alpha value is -2.73. The fourth-order valence-electron chi connectivity index (χ4n) is 4.17. The minimum Gasteiger partial charge on any atom is -0.475 e. The number of methoxy groups -OCH3 is 1. The molecule has 0 radical (unpaired) electrons. The summed E-state index contributed by atoms with van der Waals surface area (Å²) < 4.78 is 43.7. The van der Waals surface area contributed by atoms with Crippen LogP contribution in [0, 0.1) is 0 Å². The Morgan fingerprint density at radius 1 is 1.24 bits per heavy atom. The number of fused-ring (bicyclic) bond motifs is 1. The van der Waals surface area contributed by atoms with E-state index in [9.17, 15) is 13.2 Å². The monoisotopic (exact) mass is 490 g/mol. The van der Waals surface area contributed by atoms with E-state index in [1.807, 2.05) is 19.1 Å². The SMILES string of the molecule is COCCOc1cc(-c2cn(C)c(=O)c3cc(CN4CCN(S(C)(=O)=O)C[C@H]4C)oc23)ccn1. The number of furan rings is 1. The third-order valence-corrected chi connectivity index (χ3v) is 7.31. The van der Waals surface area contributed by atoms with Crippen molar-refractivity contribution < 1.29 is 22.3 Å². The molecule has 4 rings (SSSR count). The molecule has 34 heavy (non-hydrogen) atoms. The van der Waals surface area contributed by atoms with E-state index < -0.39 is 10.0 Å². The number of pyridine rings is 2. The van der Waals surface area contributed by atoms with Gasteiger partial charge >= 0.3 is 0 Å². The van der Waals surface area contributed by atoms with Crippen molar-refractivity contribution in [2.45, 2.75) is 19.5 Å². The number of ether oxygens (including phenoxy) is 2. The molecule has 184 valence electrons. The quantitative estimate of drug-likeness (QED) is 0.439. The number of rotatable bonds is 8. The third kappa shape index (κ3) is 5.17. The van der Waals surface area contributed by atoms with Crippen LogP contribution in [-0.2, 0) is 28.4 Å². The van der Waals surface area contributed by atoms with E-state index in [1.165, 1.54) is 15.1 Å². The van der Waals surface area contributed by atoms with Crippen LogP contribution in [0.2, 0.25) is 0 Å². The second kappa shape index (κ2) is 9.87. The Bertz CT molecular complexity index is 1330. The number of hydrogen-bond acceptors (Lipinski definition) is 8. The molecule has 0 unspecified atom stereocenters. The van der Waals surface area contributed by atoms with Gasteiger partial charge in [0.25, 0.3) is 5.56 Å². The predicted molar refractivity (Wildman–Crippen MR) is 128 cm³/mol. The minimum absolute atomic E-state index is 0.0194. The van der Waals surface area contributed by atoms with Crippen LogP contribution in [0.1, 0.15) is 12.7 Å². The van der Waals surface area contributed by atoms with Gasteiger partial charge in [-0.3, -0.25) is 9.69 Å². The summed E-state index contributed by atoms with van der Waals surface area (Å²) in [5.74, 6) is 1.12. The number of nitrogens with zero attached hydrogens (tertiary/aromatic N) is 4. The highest BCUT2D eigenvalue weighted by atomic mass is 32.2. The molecule has 10 nitrogen and oxygen atoms in total.